The minimum Gasteiger partial charge on any atom is -0.494 e. The smallest absolute Gasteiger partial charge is 0.227 e. The fourth-order valence-electron chi connectivity index (χ4n) is 2.57. The van der Waals surface area contributed by atoms with Gasteiger partial charge in [0.15, 0.2) is 10.6 Å². The summed E-state index contributed by atoms with van der Waals surface area (Å²) in [4.78, 5) is 16.4. The third kappa shape index (κ3) is 4.79. The molecule has 0 radical (unpaired) electrons. The number of hydrogen-bond donors (Lipinski definition) is 2. The van der Waals surface area contributed by atoms with Crippen molar-refractivity contribution >= 4 is 23.9 Å². The number of rotatable bonds is 7. The maximum atomic E-state index is 12.2. The highest BCUT2D eigenvalue weighted by Gasteiger charge is 2.11. The summed E-state index contributed by atoms with van der Waals surface area (Å²) < 4.78 is 7.75. The summed E-state index contributed by atoms with van der Waals surface area (Å²) in [5, 5.41) is 9.88. The number of nitrogens with zero attached hydrogens (tertiary/aromatic N) is 3. The molecule has 0 saturated heterocycles. The molecule has 7 nitrogen and oxygen atoms in total. The van der Waals surface area contributed by atoms with Crippen molar-refractivity contribution < 1.29 is 9.53 Å². The van der Waals surface area contributed by atoms with Crippen LogP contribution in [0.25, 0.3) is 11.4 Å². The number of amides is 1. The predicted molar refractivity (Wildman–Crippen MR) is 106 cm³/mol. The van der Waals surface area contributed by atoms with Crippen LogP contribution in [0.3, 0.4) is 0 Å². The van der Waals surface area contributed by atoms with Crippen molar-refractivity contribution in [1.82, 2.24) is 19.7 Å². The normalized spacial score (nSPS) is 10.6. The number of anilines is 1. The molecule has 0 aliphatic carbocycles. The van der Waals surface area contributed by atoms with E-state index in [0.717, 1.165) is 16.9 Å². The molecule has 0 aliphatic heterocycles. The molecule has 0 atom stereocenters. The molecular weight excluding hydrogens is 362 g/mol. The van der Waals surface area contributed by atoms with Crippen LogP contribution in [0, 0.1) is 11.7 Å². The summed E-state index contributed by atoms with van der Waals surface area (Å²) in [7, 11) is 0. The highest BCUT2D eigenvalue weighted by atomic mass is 32.1. The largest absolute Gasteiger partial charge is 0.494 e. The summed E-state index contributed by atoms with van der Waals surface area (Å²) in [6.45, 7) is 4.91. The van der Waals surface area contributed by atoms with Crippen molar-refractivity contribution in [3.8, 4) is 17.1 Å². The Morgan fingerprint density at radius 1 is 1.26 bits per heavy atom. The number of carbonyl (C=O) groups excluding carboxylic acids is 1. The van der Waals surface area contributed by atoms with Gasteiger partial charge in [0.05, 0.1) is 6.61 Å². The molecule has 0 unspecified atom stereocenters. The van der Waals surface area contributed by atoms with Crippen molar-refractivity contribution in [3.05, 3.63) is 52.9 Å². The zero-order valence-electron chi connectivity index (χ0n) is 15.2. The van der Waals surface area contributed by atoms with Crippen LogP contribution in [0.4, 0.5) is 5.82 Å². The minimum absolute atomic E-state index is 0.132. The van der Waals surface area contributed by atoms with Crippen LogP contribution >= 0.6 is 12.2 Å². The topological polar surface area (TPSA) is 84.8 Å². The number of hydrogen-bond acceptors (Lipinski definition) is 5. The number of aryl methyl sites for hydroxylation is 1. The molecule has 2 N–H and O–H groups in total. The number of benzene rings is 1. The third-order valence-electron chi connectivity index (χ3n) is 3.92. The van der Waals surface area contributed by atoms with E-state index in [0.29, 0.717) is 29.6 Å². The lowest BCUT2D eigenvalue weighted by molar-refractivity contribution is -0.116. The van der Waals surface area contributed by atoms with Gasteiger partial charge in [-0.3, -0.25) is 14.5 Å². The Labute approximate surface area is 162 Å². The molecule has 0 spiro atoms. The zero-order chi connectivity index (χ0) is 19.2. The number of H-pyrrole nitrogens is 1. The Kier molecular flexibility index (Phi) is 5.97. The predicted octanol–water partition coefficient (Wildman–Crippen LogP) is 3.74. The number of ether oxygens (including phenoxy) is 1. The van der Waals surface area contributed by atoms with E-state index < -0.39 is 0 Å². The molecule has 0 aliphatic rings. The first kappa shape index (κ1) is 18.8. The summed E-state index contributed by atoms with van der Waals surface area (Å²) in [5.74, 6) is 1.89. The van der Waals surface area contributed by atoms with E-state index in [9.17, 15) is 4.79 Å². The maximum absolute atomic E-state index is 12.2. The van der Waals surface area contributed by atoms with E-state index in [1.54, 1.807) is 12.3 Å². The molecule has 3 rings (SSSR count). The van der Waals surface area contributed by atoms with Gasteiger partial charge < -0.3 is 10.1 Å². The first-order chi connectivity index (χ1) is 13.1. The van der Waals surface area contributed by atoms with Crippen LogP contribution in [-0.2, 0) is 11.3 Å². The van der Waals surface area contributed by atoms with Crippen molar-refractivity contribution in [2.75, 3.05) is 11.9 Å². The molecule has 27 heavy (non-hydrogen) atoms. The number of aromatic amines is 1. The van der Waals surface area contributed by atoms with Gasteiger partial charge in [-0.15, -0.1) is 0 Å². The van der Waals surface area contributed by atoms with Crippen LogP contribution in [-0.4, -0.2) is 32.3 Å². The van der Waals surface area contributed by atoms with E-state index >= 15 is 0 Å². The van der Waals surface area contributed by atoms with Crippen LogP contribution in [0.1, 0.15) is 18.9 Å². The Hall–Kier alpha value is -3.00. The Balaban J connectivity index is 1.68. The van der Waals surface area contributed by atoms with Gasteiger partial charge in [-0.25, -0.2) is 4.98 Å². The molecule has 3 aromatic rings. The minimum atomic E-state index is -0.132. The maximum Gasteiger partial charge on any atom is 0.227 e. The van der Waals surface area contributed by atoms with E-state index in [2.05, 4.69) is 20.5 Å². The second-order valence-electron chi connectivity index (χ2n) is 5.98. The van der Waals surface area contributed by atoms with Gasteiger partial charge in [0.25, 0.3) is 0 Å². The van der Waals surface area contributed by atoms with Gasteiger partial charge in [0, 0.05) is 24.7 Å². The molecule has 2 aromatic heterocycles. The lowest BCUT2D eigenvalue weighted by atomic mass is 10.2. The van der Waals surface area contributed by atoms with Crippen LogP contribution in [0.15, 0.2) is 42.6 Å². The van der Waals surface area contributed by atoms with Crippen LogP contribution in [0.2, 0.25) is 0 Å². The molecule has 2 heterocycles. The van der Waals surface area contributed by atoms with E-state index in [4.69, 9.17) is 17.0 Å². The van der Waals surface area contributed by atoms with Gasteiger partial charge in [0.2, 0.25) is 5.91 Å². The van der Waals surface area contributed by atoms with E-state index in [1.807, 2.05) is 48.7 Å². The molecule has 1 aromatic carbocycles. The Morgan fingerprint density at radius 2 is 2.04 bits per heavy atom. The van der Waals surface area contributed by atoms with Crippen LogP contribution < -0.4 is 10.1 Å². The van der Waals surface area contributed by atoms with E-state index in [-0.39, 0.29) is 12.3 Å². The number of aromatic nitrogens is 4. The molecule has 140 valence electrons. The van der Waals surface area contributed by atoms with E-state index in [1.165, 1.54) is 0 Å². The lowest BCUT2D eigenvalue weighted by Gasteiger charge is -2.09. The fraction of sp³-hybridized carbons (Fsp3) is 0.263. The monoisotopic (exact) mass is 383 g/mol. The number of nitrogens with one attached hydrogen (secondary N) is 2. The van der Waals surface area contributed by atoms with Crippen molar-refractivity contribution in [2.24, 2.45) is 0 Å². The van der Waals surface area contributed by atoms with Gasteiger partial charge in [-0.2, -0.15) is 5.10 Å². The first-order valence-corrected chi connectivity index (χ1v) is 9.08. The molecular formula is C19H21N5O2S. The fourth-order valence-corrected chi connectivity index (χ4v) is 2.80. The van der Waals surface area contributed by atoms with Gasteiger partial charge in [-0.05, 0) is 62.0 Å². The van der Waals surface area contributed by atoms with Crippen molar-refractivity contribution in [3.63, 3.8) is 0 Å². The molecule has 0 bridgehead atoms. The van der Waals surface area contributed by atoms with Crippen molar-refractivity contribution in [1.29, 1.82) is 0 Å². The van der Waals surface area contributed by atoms with Gasteiger partial charge in [-0.1, -0.05) is 6.07 Å². The standard InChI is InChI=1S/C19H21N5O2S/c1-3-26-15-7-5-14(6-8-15)18-22-23-19(27)24(18)11-10-17(25)21-16-9-4-13(2)12-20-16/h4-9,12H,3,10-11H2,1-2H3,(H,23,27)(H,20,21,25). The highest BCUT2D eigenvalue weighted by molar-refractivity contribution is 7.71. The Morgan fingerprint density at radius 3 is 2.70 bits per heavy atom. The second-order valence-corrected chi connectivity index (χ2v) is 6.37. The highest BCUT2D eigenvalue weighted by Crippen LogP contribution is 2.21. The molecule has 0 saturated carbocycles. The molecule has 0 fully saturated rings. The van der Waals surface area contributed by atoms with Gasteiger partial charge in [0.1, 0.15) is 11.6 Å². The molecule has 1 amide bonds. The van der Waals surface area contributed by atoms with Crippen LogP contribution in [0.5, 0.6) is 5.75 Å². The second kappa shape index (κ2) is 8.59. The SMILES string of the molecule is CCOc1ccc(-c2n[nH]c(=S)n2CCC(=O)Nc2ccc(C)cn2)cc1. The summed E-state index contributed by atoms with van der Waals surface area (Å²) in [6, 6.07) is 11.3. The lowest BCUT2D eigenvalue weighted by Crippen LogP contribution is -2.15. The van der Waals surface area contributed by atoms with Gasteiger partial charge >= 0.3 is 0 Å². The average Bonchev–Trinajstić information content (AvgIpc) is 3.03. The summed E-state index contributed by atoms with van der Waals surface area (Å²) in [5.41, 5.74) is 1.93. The van der Waals surface area contributed by atoms with Crippen molar-refractivity contribution in [2.45, 2.75) is 26.8 Å². The quantitative estimate of drug-likeness (QED) is 0.607. The number of carbonyl (C=O) groups is 1. The zero-order valence-corrected chi connectivity index (χ0v) is 16.0. The Bertz CT molecular complexity index is 961. The number of pyridine rings is 1. The molecule has 8 heteroatoms. The first-order valence-electron chi connectivity index (χ1n) is 8.67. The summed E-state index contributed by atoms with van der Waals surface area (Å²) in [6.07, 6.45) is 1.97. The summed E-state index contributed by atoms with van der Waals surface area (Å²) >= 11 is 5.31. The third-order valence-corrected chi connectivity index (χ3v) is 4.23. The average molecular weight is 383 g/mol.